The Bertz CT molecular complexity index is 720. The minimum absolute atomic E-state index is 0.630. The monoisotopic (exact) mass is 272 g/mol. The standard InChI is InChI=1S/C14H13ClN4/c15-12-5-2-6-13-17-18-14(19(12)13)8-7-10-3-1-4-11(16)9-10/h1-6,9H,7-8,16H2. The molecule has 5 heteroatoms. The largest absolute Gasteiger partial charge is 0.399 e. The van der Waals surface area contributed by atoms with E-state index in [1.54, 1.807) is 0 Å². The van der Waals surface area contributed by atoms with Crippen LogP contribution < -0.4 is 5.73 Å². The van der Waals surface area contributed by atoms with Gasteiger partial charge in [0.2, 0.25) is 0 Å². The van der Waals surface area contributed by atoms with Gasteiger partial charge < -0.3 is 5.73 Å². The van der Waals surface area contributed by atoms with Crippen LogP contribution in [0.15, 0.2) is 42.5 Å². The Balaban J connectivity index is 1.86. The summed E-state index contributed by atoms with van der Waals surface area (Å²) in [6.45, 7) is 0. The SMILES string of the molecule is Nc1cccc(CCc2nnc3cccc(Cl)n23)c1. The van der Waals surface area contributed by atoms with E-state index in [1.807, 2.05) is 40.8 Å². The highest BCUT2D eigenvalue weighted by molar-refractivity contribution is 6.29. The van der Waals surface area contributed by atoms with Gasteiger partial charge in [-0.3, -0.25) is 4.40 Å². The molecule has 4 nitrogen and oxygen atoms in total. The number of nitrogens with two attached hydrogens (primary N) is 1. The molecule has 0 bridgehead atoms. The lowest BCUT2D eigenvalue weighted by Gasteiger charge is -2.03. The van der Waals surface area contributed by atoms with E-state index in [4.69, 9.17) is 17.3 Å². The van der Waals surface area contributed by atoms with Gasteiger partial charge in [-0.25, -0.2) is 0 Å². The van der Waals surface area contributed by atoms with Gasteiger partial charge in [-0.2, -0.15) is 0 Å². The molecule has 0 fully saturated rings. The van der Waals surface area contributed by atoms with Gasteiger partial charge in [-0.1, -0.05) is 29.8 Å². The zero-order valence-electron chi connectivity index (χ0n) is 10.3. The molecule has 0 saturated carbocycles. The summed E-state index contributed by atoms with van der Waals surface area (Å²) < 4.78 is 1.87. The molecule has 0 aliphatic carbocycles. The minimum Gasteiger partial charge on any atom is -0.399 e. The van der Waals surface area contributed by atoms with Gasteiger partial charge in [0.25, 0.3) is 0 Å². The first-order valence-corrected chi connectivity index (χ1v) is 6.45. The molecule has 0 radical (unpaired) electrons. The zero-order chi connectivity index (χ0) is 13.2. The number of aryl methyl sites for hydroxylation is 2. The van der Waals surface area contributed by atoms with Crippen molar-refractivity contribution in [2.45, 2.75) is 12.8 Å². The molecule has 2 aromatic heterocycles. The van der Waals surface area contributed by atoms with Crippen LogP contribution in [0.25, 0.3) is 5.65 Å². The molecule has 2 N–H and O–H groups in total. The van der Waals surface area contributed by atoms with E-state index in [0.29, 0.717) is 5.15 Å². The fourth-order valence-corrected chi connectivity index (χ4v) is 2.38. The number of fused-ring (bicyclic) bond motifs is 1. The summed E-state index contributed by atoms with van der Waals surface area (Å²) in [7, 11) is 0. The van der Waals surface area contributed by atoms with E-state index < -0.39 is 0 Å². The van der Waals surface area contributed by atoms with Crippen molar-refractivity contribution in [3.8, 4) is 0 Å². The Hall–Kier alpha value is -2.07. The van der Waals surface area contributed by atoms with Crippen molar-refractivity contribution in [2.75, 3.05) is 5.73 Å². The van der Waals surface area contributed by atoms with Crippen LogP contribution in [0.5, 0.6) is 0 Å². The molecule has 2 heterocycles. The lowest BCUT2D eigenvalue weighted by atomic mass is 10.1. The fourth-order valence-electron chi connectivity index (χ4n) is 2.13. The number of hydrogen-bond acceptors (Lipinski definition) is 3. The molecule has 0 amide bonds. The van der Waals surface area contributed by atoms with E-state index in [1.165, 1.54) is 5.56 Å². The van der Waals surface area contributed by atoms with Crippen molar-refractivity contribution < 1.29 is 0 Å². The van der Waals surface area contributed by atoms with Crippen molar-refractivity contribution in [3.05, 3.63) is 59.0 Å². The molecule has 19 heavy (non-hydrogen) atoms. The Morgan fingerprint density at radius 3 is 2.74 bits per heavy atom. The molecule has 0 unspecified atom stereocenters. The average molecular weight is 273 g/mol. The van der Waals surface area contributed by atoms with Crippen molar-refractivity contribution >= 4 is 22.9 Å². The van der Waals surface area contributed by atoms with Crippen LogP contribution in [-0.2, 0) is 12.8 Å². The highest BCUT2D eigenvalue weighted by Crippen LogP contribution is 2.15. The minimum atomic E-state index is 0.630. The van der Waals surface area contributed by atoms with Crippen LogP contribution in [-0.4, -0.2) is 14.6 Å². The van der Waals surface area contributed by atoms with Gasteiger partial charge in [0.15, 0.2) is 5.65 Å². The third kappa shape index (κ3) is 2.39. The molecular weight excluding hydrogens is 260 g/mol. The number of rotatable bonds is 3. The first kappa shape index (κ1) is 12.0. The van der Waals surface area contributed by atoms with Crippen LogP contribution in [0.2, 0.25) is 5.15 Å². The average Bonchev–Trinajstić information content (AvgIpc) is 2.81. The summed E-state index contributed by atoms with van der Waals surface area (Å²) in [5.74, 6) is 0.864. The topological polar surface area (TPSA) is 56.2 Å². The lowest BCUT2D eigenvalue weighted by Crippen LogP contribution is -1.99. The maximum absolute atomic E-state index is 6.17. The highest BCUT2D eigenvalue weighted by atomic mass is 35.5. The van der Waals surface area contributed by atoms with E-state index in [9.17, 15) is 0 Å². The molecule has 0 spiro atoms. The molecule has 0 saturated heterocycles. The molecule has 96 valence electrons. The van der Waals surface area contributed by atoms with Gasteiger partial charge in [0, 0.05) is 12.1 Å². The number of nitrogens with zero attached hydrogens (tertiary/aromatic N) is 3. The molecule has 3 rings (SSSR count). The predicted octanol–water partition coefficient (Wildman–Crippen LogP) is 2.75. The molecule has 3 aromatic rings. The van der Waals surface area contributed by atoms with E-state index in [-0.39, 0.29) is 0 Å². The van der Waals surface area contributed by atoms with E-state index >= 15 is 0 Å². The first-order chi connectivity index (χ1) is 9.24. The number of anilines is 1. The van der Waals surface area contributed by atoms with Crippen molar-refractivity contribution in [1.29, 1.82) is 0 Å². The van der Waals surface area contributed by atoms with Crippen LogP contribution in [0.3, 0.4) is 0 Å². The summed E-state index contributed by atoms with van der Waals surface area (Å²) in [6.07, 6.45) is 1.63. The quantitative estimate of drug-likeness (QED) is 0.589. The number of benzene rings is 1. The number of hydrogen-bond donors (Lipinski definition) is 1. The number of pyridine rings is 1. The van der Waals surface area contributed by atoms with Crippen molar-refractivity contribution in [2.24, 2.45) is 0 Å². The Labute approximate surface area is 115 Å². The third-order valence-electron chi connectivity index (χ3n) is 3.04. The van der Waals surface area contributed by atoms with Gasteiger partial charge in [-0.05, 0) is 36.2 Å². The van der Waals surface area contributed by atoms with Gasteiger partial charge in [-0.15, -0.1) is 10.2 Å². The Morgan fingerprint density at radius 2 is 1.89 bits per heavy atom. The molecule has 0 atom stereocenters. The van der Waals surface area contributed by atoms with Gasteiger partial charge in [0.1, 0.15) is 11.0 Å². The smallest absolute Gasteiger partial charge is 0.161 e. The predicted molar refractivity (Wildman–Crippen MR) is 76.3 cm³/mol. The van der Waals surface area contributed by atoms with E-state index in [2.05, 4.69) is 16.3 Å². The molecule has 0 aliphatic heterocycles. The fraction of sp³-hybridized carbons (Fsp3) is 0.143. The van der Waals surface area contributed by atoms with Crippen molar-refractivity contribution in [1.82, 2.24) is 14.6 Å². The Morgan fingerprint density at radius 1 is 1.05 bits per heavy atom. The molecular formula is C14H13ClN4. The molecule has 1 aromatic carbocycles. The van der Waals surface area contributed by atoms with E-state index in [0.717, 1.165) is 30.0 Å². The van der Waals surface area contributed by atoms with Crippen LogP contribution >= 0.6 is 11.6 Å². The summed E-state index contributed by atoms with van der Waals surface area (Å²) >= 11 is 6.17. The van der Waals surface area contributed by atoms with Crippen LogP contribution in [0.1, 0.15) is 11.4 Å². The maximum atomic E-state index is 6.17. The number of aromatic nitrogens is 3. The van der Waals surface area contributed by atoms with Gasteiger partial charge in [0.05, 0.1) is 0 Å². The normalized spacial score (nSPS) is 11.0. The lowest BCUT2D eigenvalue weighted by molar-refractivity contribution is 0.839. The maximum Gasteiger partial charge on any atom is 0.161 e. The molecule has 0 aliphatic rings. The second kappa shape index (κ2) is 4.90. The Kier molecular flexibility index (Phi) is 3.09. The zero-order valence-corrected chi connectivity index (χ0v) is 11.0. The summed E-state index contributed by atoms with van der Waals surface area (Å²) in [4.78, 5) is 0. The summed E-state index contributed by atoms with van der Waals surface area (Å²) in [6, 6.07) is 13.5. The first-order valence-electron chi connectivity index (χ1n) is 6.07. The van der Waals surface area contributed by atoms with Crippen molar-refractivity contribution in [3.63, 3.8) is 0 Å². The summed E-state index contributed by atoms with van der Waals surface area (Å²) in [5, 5.41) is 8.93. The number of halogens is 1. The second-order valence-electron chi connectivity index (χ2n) is 4.40. The number of nitrogen functional groups attached to an aromatic ring is 1. The van der Waals surface area contributed by atoms with Crippen LogP contribution in [0.4, 0.5) is 5.69 Å². The van der Waals surface area contributed by atoms with Crippen LogP contribution in [0, 0.1) is 0 Å². The second-order valence-corrected chi connectivity index (χ2v) is 4.79. The summed E-state index contributed by atoms with van der Waals surface area (Å²) in [5.41, 5.74) is 8.50. The highest BCUT2D eigenvalue weighted by Gasteiger charge is 2.08. The van der Waals surface area contributed by atoms with Gasteiger partial charge >= 0.3 is 0 Å². The third-order valence-corrected chi connectivity index (χ3v) is 3.33.